The zero-order chi connectivity index (χ0) is 17.1. The average molecular weight is 348 g/mol. The van der Waals surface area contributed by atoms with E-state index in [4.69, 9.17) is 17.3 Å². The summed E-state index contributed by atoms with van der Waals surface area (Å²) in [4.78, 5) is 26.3. The zero-order valence-corrected chi connectivity index (χ0v) is 14.3. The first kappa shape index (κ1) is 16.8. The number of nitrogens with zero attached hydrogens (tertiary/aromatic N) is 1. The quantitative estimate of drug-likeness (QED) is 0.822. The van der Waals surface area contributed by atoms with Crippen LogP contribution in [-0.4, -0.2) is 30.9 Å². The average Bonchev–Trinajstić information content (AvgIpc) is 3.09. The number of rotatable bonds is 4. The first-order chi connectivity index (χ1) is 11.6. The first-order valence-corrected chi connectivity index (χ1v) is 8.73. The summed E-state index contributed by atoms with van der Waals surface area (Å²) in [6.07, 6.45) is 7.41. The SMILES string of the molecule is NC(=O)[C@@H]1CC=CC[C@H]1NC(=O)c1ccc(N2CCCC2)c(Cl)c1. The second-order valence-electron chi connectivity index (χ2n) is 6.39. The second-order valence-corrected chi connectivity index (χ2v) is 6.80. The maximum Gasteiger partial charge on any atom is 0.251 e. The summed E-state index contributed by atoms with van der Waals surface area (Å²) in [5, 5.41) is 3.50. The van der Waals surface area contributed by atoms with Gasteiger partial charge in [-0.1, -0.05) is 23.8 Å². The Morgan fingerprint density at radius 1 is 1.17 bits per heavy atom. The minimum atomic E-state index is -0.382. The molecule has 0 aromatic heterocycles. The van der Waals surface area contributed by atoms with E-state index in [2.05, 4.69) is 10.2 Å². The summed E-state index contributed by atoms with van der Waals surface area (Å²) in [5.74, 6) is -0.971. The number of nitrogens with two attached hydrogens (primary N) is 1. The van der Waals surface area contributed by atoms with Crippen molar-refractivity contribution in [2.75, 3.05) is 18.0 Å². The van der Waals surface area contributed by atoms with E-state index in [9.17, 15) is 9.59 Å². The van der Waals surface area contributed by atoms with E-state index in [1.54, 1.807) is 12.1 Å². The molecule has 1 aliphatic carbocycles. The van der Waals surface area contributed by atoms with Crippen molar-refractivity contribution in [3.8, 4) is 0 Å². The third-order valence-corrected chi connectivity index (χ3v) is 5.07. The Morgan fingerprint density at radius 3 is 2.54 bits per heavy atom. The van der Waals surface area contributed by atoms with E-state index in [-0.39, 0.29) is 23.8 Å². The topological polar surface area (TPSA) is 75.4 Å². The molecule has 1 saturated heterocycles. The van der Waals surface area contributed by atoms with Gasteiger partial charge in [0.05, 0.1) is 16.6 Å². The third-order valence-electron chi connectivity index (χ3n) is 4.77. The molecule has 1 aromatic carbocycles. The van der Waals surface area contributed by atoms with E-state index in [0.717, 1.165) is 18.8 Å². The fraction of sp³-hybridized carbons (Fsp3) is 0.444. The lowest BCUT2D eigenvalue weighted by Gasteiger charge is -2.27. The number of hydrogen-bond donors (Lipinski definition) is 2. The van der Waals surface area contributed by atoms with Gasteiger partial charge >= 0.3 is 0 Å². The molecule has 1 aromatic rings. The Labute approximate surface area is 146 Å². The molecule has 0 bridgehead atoms. The molecular weight excluding hydrogens is 326 g/mol. The number of hydrogen-bond acceptors (Lipinski definition) is 3. The minimum absolute atomic E-state index is 0.226. The van der Waals surface area contributed by atoms with Crippen LogP contribution < -0.4 is 16.0 Å². The van der Waals surface area contributed by atoms with Crippen LogP contribution >= 0.6 is 11.6 Å². The fourth-order valence-corrected chi connectivity index (χ4v) is 3.70. The highest BCUT2D eigenvalue weighted by Crippen LogP contribution is 2.29. The van der Waals surface area contributed by atoms with Gasteiger partial charge in [-0.15, -0.1) is 0 Å². The number of primary amides is 1. The largest absolute Gasteiger partial charge is 0.370 e. The Hall–Kier alpha value is -2.01. The smallest absolute Gasteiger partial charge is 0.251 e. The molecule has 6 heteroatoms. The number of nitrogens with one attached hydrogen (secondary N) is 1. The van der Waals surface area contributed by atoms with E-state index < -0.39 is 0 Å². The summed E-state index contributed by atoms with van der Waals surface area (Å²) in [7, 11) is 0. The standard InChI is InChI=1S/C18H22ClN3O2/c19-14-11-12(7-8-16(14)22-9-3-4-10-22)18(24)21-15-6-2-1-5-13(15)17(20)23/h1-2,7-8,11,13,15H,3-6,9-10H2,(H2,20,23)(H,21,24)/t13-,15-/m1/s1. The summed E-state index contributed by atoms with van der Waals surface area (Å²) < 4.78 is 0. The highest BCUT2D eigenvalue weighted by atomic mass is 35.5. The van der Waals surface area contributed by atoms with Crippen LogP contribution in [0, 0.1) is 5.92 Å². The number of allylic oxidation sites excluding steroid dienone is 1. The van der Waals surface area contributed by atoms with Crippen LogP contribution in [0.2, 0.25) is 5.02 Å². The number of halogens is 1. The van der Waals surface area contributed by atoms with E-state index in [0.29, 0.717) is 23.4 Å². The molecule has 2 aliphatic rings. The lowest BCUT2D eigenvalue weighted by atomic mass is 9.88. The first-order valence-electron chi connectivity index (χ1n) is 8.36. The summed E-state index contributed by atoms with van der Waals surface area (Å²) in [6, 6.07) is 5.11. The van der Waals surface area contributed by atoms with Crippen LogP contribution in [0.5, 0.6) is 0 Å². The van der Waals surface area contributed by atoms with Crippen molar-refractivity contribution >= 4 is 29.1 Å². The van der Waals surface area contributed by atoms with Crippen molar-refractivity contribution in [2.24, 2.45) is 11.7 Å². The predicted molar refractivity (Wildman–Crippen MR) is 95.2 cm³/mol. The molecule has 1 fully saturated rings. The van der Waals surface area contributed by atoms with Gasteiger partial charge in [0.1, 0.15) is 0 Å². The van der Waals surface area contributed by atoms with Gasteiger partial charge < -0.3 is 16.0 Å². The number of amides is 2. The maximum absolute atomic E-state index is 12.5. The van der Waals surface area contributed by atoms with Gasteiger partial charge in [0, 0.05) is 24.7 Å². The van der Waals surface area contributed by atoms with Crippen LogP contribution in [0.4, 0.5) is 5.69 Å². The fourth-order valence-electron chi connectivity index (χ4n) is 3.40. The summed E-state index contributed by atoms with van der Waals surface area (Å²) >= 11 is 6.37. The highest BCUT2D eigenvalue weighted by Gasteiger charge is 2.28. The molecule has 5 nitrogen and oxygen atoms in total. The summed E-state index contributed by atoms with van der Waals surface area (Å²) in [5.41, 5.74) is 6.91. The molecule has 1 heterocycles. The van der Waals surface area contributed by atoms with Crippen molar-refractivity contribution in [3.63, 3.8) is 0 Å². The van der Waals surface area contributed by atoms with Crippen LogP contribution in [0.3, 0.4) is 0 Å². The van der Waals surface area contributed by atoms with Gasteiger partial charge in [-0.25, -0.2) is 0 Å². The molecule has 24 heavy (non-hydrogen) atoms. The second kappa shape index (κ2) is 7.26. The lowest BCUT2D eigenvalue weighted by molar-refractivity contribution is -0.122. The van der Waals surface area contributed by atoms with Crippen molar-refractivity contribution < 1.29 is 9.59 Å². The molecule has 3 rings (SSSR count). The van der Waals surface area contributed by atoms with Gasteiger partial charge in [0.25, 0.3) is 5.91 Å². The molecule has 2 amide bonds. The molecule has 3 N–H and O–H groups in total. The normalized spacial score (nSPS) is 23.3. The number of anilines is 1. The highest BCUT2D eigenvalue weighted by molar-refractivity contribution is 6.33. The van der Waals surface area contributed by atoms with Crippen LogP contribution in [-0.2, 0) is 4.79 Å². The molecule has 0 saturated carbocycles. The molecular formula is C18H22ClN3O2. The van der Waals surface area contributed by atoms with Gasteiger partial charge in [0.15, 0.2) is 0 Å². The lowest BCUT2D eigenvalue weighted by Crippen LogP contribution is -2.46. The van der Waals surface area contributed by atoms with Gasteiger partial charge in [-0.05, 0) is 43.9 Å². The monoisotopic (exact) mass is 347 g/mol. The van der Waals surface area contributed by atoms with Gasteiger partial charge in [-0.2, -0.15) is 0 Å². The Balaban J connectivity index is 1.71. The molecule has 128 valence electrons. The molecule has 0 spiro atoms. The maximum atomic E-state index is 12.5. The van der Waals surface area contributed by atoms with Gasteiger partial charge in [-0.3, -0.25) is 9.59 Å². The van der Waals surface area contributed by atoms with E-state index in [1.165, 1.54) is 12.8 Å². The number of carbonyl (C=O) groups excluding carboxylic acids is 2. The number of benzene rings is 1. The van der Waals surface area contributed by atoms with E-state index in [1.807, 2.05) is 18.2 Å². The third kappa shape index (κ3) is 3.56. The Morgan fingerprint density at radius 2 is 1.88 bits per heavy atom. The van der Waals surface area contributed by atoms with Crippen molar-refractivity contribution in [1.82, 2.24) is 5.32 Å². The molecule has 1 aliphatic heterocycles. The predicted octanol–water partition coefficient (Wildman–Crippen LogP) is 2.49. The minimum Gasteiger partial charge on any atom is -0.370 e. The van der Waals surface area contributed by atoms with Gasteiger partial charge in [0.2, 0.25) is 5.91 Å². The van der Waals surface area contributed by atoms with E-state index >= 15 is 0 Å². The Bertz CT molecular complexity index is 668. The van der Waals surface area contributed by atoms with Crippen molar-refractivity contribution in [3.05, 3.63) is 40.9 Å². The van der Waals surface area contributed by atoms with Crippen LogP contribution in [0.1, 0.15) is 36.0 Å². The molecule has 0 radical (unpaired) electrons. The summed E-state index contributed by atoms with van der Waals surface area (Å²) in [6.45, 7) is 2.00. The van der Waals surface area contributed by atoms with Crippen molar-refractivity contribution in [2.45, 2.75) is 31.7 Å². The molecule has 2 atom stereocenters. The van der Waals surface area contributed by atoms with Crippen molar-refractivity contribution in [1.29, 1.82) is 0 Å². The number of carbonyl (C=O) groups is 2. The Kier molecular flexibility index (Phi) is 5.09. The van der Waals surface area contributed by atoms with Crippen LogP contribution in [0.25, 0.3) is 0 Å². The molecule has 0 unspecified atom stereocenters. The van der Waals surface area contributed by atoms with Crippen LogP contribution in [0.15, 0.2) is 30.4 Å². The zero-order valence-electron chi connectivity index (χ0n) is 13.5.